The maximum Gasteiger partial charge on any atom is 0.0184 e. The number of rotatable bonds is 4. The topological polar surface area (TPSA) is 12.0 Å². The molecule has 1 unspecified atom stereocenters. The lowest BCUT2D eigenvalue weighted by Gasteiger charge is -2.08. The predicted molar refractivity (Wildman–Crippen MR) is 53.2 cm³/mol. The van der Waals surface area contributed by atoms with Gasteiger partial charge in [-0.15, -0.1) is 0 Å². The van der Waals surface area contributed by atoms with Gasteiger partial charge in [0.2, 0.25) is 0 Å². The largest absolute Gasteiger partial charge is 0.316 e. The lowest BCUT2D eigenvalue weighted by molar-refractivity contribution is 0.631. The van der Waals surface area contributed by atoms with E-state index in [4.69, 9.17) is 0 Å². The molecule has 0 aromatic heterocycles. The molecule has 0 aromatic carbocycles. The number of thioether (sulfide) groups is 1. The Morgan fingerprint density at radius 3 is 2.91 bits per heavy atom. The molecule has 66 valence electrons. The van der Waals surface area contributed by atoms with Crippen molar-refractivity contribution in [3.8, 4) is 0 Å². The molecule has 1 nitrogen and oxygen atoms in total. The Balaban J connectivity index is 1.94. The molecular weight excluding hydrogens is 154 g/mol. The van der Waals surface area contributed by atoms with Crippen LogP contribution in [-0.2, 0) is 0 Å². The average Bonchev–Trinajstić information content (AvgIpc) is 2.39. The minimum absolute atomic E-state index is 0.872. The van der Waals surface area contributed by atoms with Gasteiger partial charge in [0.15, 0.2) is 0 Å². The van der Waals surface area contributed by atoms with Crippen molar-refractivity contribution >= 4 is 11.8 Å². The van der Waals surface area contributed by atoms with Crippen molar-refractivity contribution < 1.29 is 0 Å². The quantitative estimate of drug-likeness (QED) is 0.699. The third-order valence-electron chi connectivity index (χ3n) is 2.06. The molecule has 1 fully saturated rings. The minimum Gasteiger partial charge on any atom is -0.316 e. The minimum atomic E-state index is 0.872. The van der Waals surface area contributed by atoms with Crippen molar-refractivity contribution in [2.45, 2.75) is 31.9 Å². The fraction of sp³-hybridized carbons (Fsp3) is 1.00. The highest BCUT2D eigenvalue weighted by atomic mass is 32.2. The van der Waals surface area contributed by atoms with Gasteiger partial charge in [0.05, 0.1) is 0 Å². The maximum absolute atomic E-state index is 3.39. The molecule has 1 atom stereocenters. The van der Waals surface area contributed by atoms with E-state index in [9.17, 15) is 0 Å². The summed E-state index contributed by atoms with van der Waals surface area (Å²) in [6, 6.07) is 0. The normalized spacial score (nSPS) is 24.8. The van der Waals surface area contributed by atoms with Gasteiger partial charge >= 0.3 is 0 Å². The van der Waals surface area contributed by atoms with Crippen molar-refractivity contribution in [2.75, 3.05) is 18.8 Å². The van der Waals surface area contributed by atoms with Gasteiger partial charge in [-0.3, -0.25) is 0 Å². The van der Waals surface area contributed by atoms with Gasteiger partial charge in [-0.1, -0.05) is 13.8 Å². The van der Waals surface area contributed by atoms with Crippen molar-refractivity contribution in [3.05, 3.63) is 0 Å². The average molecular weight is 173 g/mol. The van der Waals surface area contributed by atoms with E-state index in [1.54, 1.807) is 0 Å². The van der Waals surface area contributed by atoms with Gasteiger partial charge in [0.25, 0.3) is 0 Å². The van der Waals surface area contributed by atoms with Crippen molar-refractivity contribution in [3.63, 3.8) is 0 Å². The number of hydrogen-bond donors (Lipinski definition) is 1. The molecule has 1 saturated heterocycles. The molecule has 0 aromatic rings. The molecule has 1 heterocycles. The molecule has 0 bridgehead atoms. The van der Waals surface area contributed by atoms with Gasteiger partial charge in [-0.2, -0.15) is 11.8 Å². The summed E-state index contributed by atoms with van der Waals surface area (Å²) in [6.07, 6.45) is 2.75. The van der Waals surface area contributed by atoms with Crippen LogP contribution >= 0.6 is 11.8 Å². The summed E-state index contributed by atoms with van der Waals surface area (Å²) in [5, 5.41) is 4.30. The highest BCUT2D eigenvalue weighted by Crippen LogP contribution is 2.19. The number of nitrogens with one attached hydrogen (secondary N) is 1. The fourth-order valence-corrected chi connectivity index (χ4v) is 2.70. The maximum atomic E-state index is 3.39. The molecule has 0 saturated carbocycles. The molecule has 1 aliphatic heterocycles. The molecule has 1 aliphatic rings. The van der Waals surface area contributed by atoms with E-state index in [0.29, 0.717) is 0 Å². The fourth-order valence-electron chi connectivity index (χ4n) is 1.24. The Morgan fingerprint density at radius 2 is 2.36 bits per heavy atom. The third-order valence-corrected chi connectivity index (χ3v) is 3.41. The second kappa shape index (κ2) is 5.04. The monoisotopic (exact) mass is 173 g/mol. The summed E-state index contributed by atoms with van der Waals surface area (Å²) in [5.41, 5.74) is 0. The van der Waals surface area contributed by atoms with Crippen molar-refractivity contribution in [1.29, 1.82) is 0 Å². The molecular formula is C9H19NS. The first-order valence-electron chi connectivity index (χ1n) is 4.61. The molecule has 1 rings (SSSR count). The second-order valence-corrected chi connectivity index (χ2v) is 5.08. The zero-order valence-electron chi connectivity index (χ0n) is 7.60. The zero-order chi connectivity index (χ0) is 8.10. The van der Waals surface area contributed by atoms with Crippen LogP contribution in [0.3, 0.4) is 0 Å². The second-order valence-electron chi connectivity index (χ2n) is 3.67. The molecule has 0 spiro atoms. The standard InChI is InChI=1S/C9H19NS/c1-8(2)4-6-11-9-3-5-10-7-9/h8-10H,3-7H2,1-2H3. The van der Waals surface area contributed by atoms with Gasteiger partial charge in [0.1, 0.15) is 0 Å². The van der Waals surface area contributed by atoms with Crippen LogP contribution in [0.15, 0.2) is 0 Å². The van der Waals surface area contributed by atoms with E-state index >= 15 is 0 Å². The molecule has 0 aliphatic carbocycles. The molecule has 0 radical (unpaired) electrons. The molecule has 1 N–H and O–H groups in total. The summed E-state index contributed by atoms with van der Waals surface area (Å²) < 4.78 is 0. The van der Waals surface area contributed by atoms with Crippen LogP contribution in [0.1, 0.15) is 26.7 Å². The Bertz CT molecular complexity index is 97.7. The third kappa shape index (κ3) is 4.02. The van der Waals surface area contributed by atoms with Gasteiger partial charge in [0, 0.05) is 11.8 Å². The predicted octanol–water partition coefficient (Wildman–Crippen LogP) is 2.13. The van der Waals surface area contributed by atoms with Gasteiger partial charge in [-0.05, 0) is 31.1 Å². The van der Waals surface area contributed by atoms with Crippen LogP contribution in [0.2, 0.25) is 0 Å². The van der Waals surface area contributed by atoms with Gasteiger partial charge < -0.3 is 5.32 Å². The summed E-state index contributed by atoms with van der Waals surface area (Å²) >= 11 is 2.15. The van der Waals surface area contributed by atoms with Crippen LogP contribution in [0, 0.1) is 5.92 Å². The smallest absolute Gasteiger partial charge is 0.0184 e. The first-order chi connectivity index (χ1) is 5.29. The molecule has 0 amide bonds. The van der Waals surface area contributed by atoms with Crippen LogP contribution in [0.5, 0.6) is 0 Å². The van der Waals surface area contributed by atoms with Crippen molar-refractivity contribution in [1.82, 2.24) is 5.32 Å². The highest BCUT2D eigenvalue weighted by molar-refractivity contribution is 7.99. The highest BCUT2D eigenvalue weighted by Gasteiger charge is 2.13. The Labute approximate surface area is 74.3 Å². The van der Waals surface area contributed by atoms with Gasteiger partial charge in [-0.25, -0.2) is 0 Å². The van der Waals surface area contributed by atoms with E-state index in [1.807, 2.05) is 0 Å². The van der Waals surface area contributed by atoms with Crippen LogP contribution in [0.25, 0.3) is 0 Å². The van der Waals surface area contributed by atoms with Crippen molar-refractivity contribution in [2.24, 2.45) is 5.92 Å². The Hall–Kier alpha value is 0.310. The van der Waals surface area contributed by atoms with Crippen LogP contribution in [0.4, 0.5) is 0 Å². The molecule has 2 heteroatoms. The van der Waals surface area contributed by atoms with E-state index in [-0.39, 0.29) is 0 Å². The first-order valence-corrected chi connectivity index (χ1v) is 5.66. The van der Waals surface area contributed by atoms with E-state index in [2.05, 4.69) is 30.9 Å². The first kappa shape index (κ1) is 9.40. The summed E-state index contributed by atoms with van der Waals surface area (Å²) in [7, 11) is 0. The summed E-state index contributed by atoms with van der Waals surface area (Å²) in [5.74, 6) is 2.22. The number of hydrogen-bond acceptors (Lipinski definition) is 2. The molecule has 11 heavy (non-hydrogen) atoms. The van der Waals surface area contributed by atoms with E-state index in [0.717, 1.165) is 11.2 Å². The lowest BCUT2D eigenvalue weighted by Crippen LogP contribution is -2.10. The summed E-state index contributed by atoms with van der Waals surface area (Å²) in [4.78, 5) is 0. The Morgan fingerprint density at radius 1 is 1.55 bits per heavy atom. The lowest BCUT2D eigenvalue weighted by atomic mass is 10.2. The summed E-state index contributed by atoms with van der Waals surface area (Å²) in [6.45, 7) is 7.07. The van der Waals surface area contributed by atoms with Crippen LogP contribution in [-0.4, -0.2) is 24.1 Å². The van der Waals surface area contributed by atoms with E-state index in [1.165, 1.54) is 31.7 Å². The van der Waals surface area contributed by atoms with E-state index < -0.39 is 0 Å². The van der Waals surface area contributed by atoms with Crippen LogP contribution < -0.4 is 5.32 Å². The SMILES string of the molecule is CC(C)CCSC1CCNC1. The Kier molecular flexibility index (Phi) is 4.31. The zero-order valence-corrected chi connectivity index (χ0v) is 8.41.